The fraction of sp³-hybridized carbons (Fsp3) is 0.500. The Hall–Kier alpha value is -0.475. The highest BCUT2D eigenvalue weighted by Crippen LogP contribution is 2.12. The molecule has 0 aliphatic heterocycles. The minimum absolute atomic E-state index is 2.26. The van der Waals surface area contributed by atoms with Gasteiger partial charge in [0.1, 0.15) is 0 Å². The highest BCUT2D eigenvalue weighted by atomic mass is 19.4. The van der Waals surface area contributed by atoms with Crippen LogP contribution in [-0.4, -0.2) is 19.7 Å². The molecule has 0 aromatic rings. The standard InChI is InChI=1S/C2BF3O/c3-1(7)2(4,5)6/q-1. The predicted molar refractivity (Wildman–Crippen MR) is 16.8 cm³/mol. The lowest BCUT2D eigenvalue weighted by atomic mass is 10.0. The second-order valence-corrected chi connectivity index (χ2v) is 0.862. The van der Waals surface area contributed by atoms with Gasteiger partial charge in [-0.2, -0.15) is 13.2 Å². The quantitative estimate of drug-likeness (QED) is 0.406. The molecule has 0 aromatic carbocycles. The van der Waals surface area contributed by atoms with Crippen LogP contribution in [0.5, 0.6) is 0 Å². The van der Waals surface area contributed by atoms with Gasteiger partial charge in [-0.1, -0.05) is 0 Å². The van der Waals surface area contributed by atoms with Crippen molar-refractivity contribution < 1.29 is 18.0 Å². The molecule has 39 valence electrons. The molecule has 0 amide bonds. The molecule has 3 radical (unpaired) electrons. The molecule has 0 aliphatic rings. The molecule has 0 saturated heterocycles. The Bertz CT molecular complexity index is 85.4. The number of hydrogen-bond acceptors (Lipinski definition) is 1. The van der Waals surface area contributed by atoms with E-state index in [-0.39, 0.29) is 0 Å². The number of rotatable bonds is 0. The average Bonchev–Trinajstić information content (AvgIpc) is 1.31. The van der Waals surface area contributed by atoms with Crippen molar-refractivity contribution in [2.75, 3.05) is 0 Å². The smallest absolute Gasteiger partial charge is 0.403 e. The van der Waals surface area contributed by atoms with Crippen molar-refractivity contribution in [1.82, 2.24) is 0 Å². The molecule has 0 aromatic heterocycles. The molecule has 0 atom stereocenters. The zero-order valence-electron chi connectivity index (χ0n) is 3.12. The first-order valence-corrected chi connectivity index (χ1v) is 1.31. The Kier molecular flexibility index (Phi) is 1.45. The van der Waals surface area contributed by atoms with Crippen molar-refractivity contribution >= 4 is 13.5 Å². The van der Waals surface area contributed by atoms with Crippen LogP contribution < -0.4 is 0 Å². The van der Waals surface area contributed by atoms with Crippen LogP contribution >= 0.6 is 0 Å². The van der Waals surface area contributed by atoms with Crippen molar-refractivity contribution in [2.24, 2.45) is 0 Å². The minimum atomic E-state index is -4.86. The maximum atomic E-state index is 10.7. The van der Waals surface area contributed by atoms with Gasteiger partial charge in [-0.3, -0.25) is 0 Å². The number of carbonyl (C=O) groups is 1. The Balaban J connectivity index is 3.79. The maximum Gasteiger partial charge on any atom is 0.403 e. The van der Waals surface area contributed by atoms with Crippen LogP contribution in [0.1, 0.15) is 0 Å². The molecular weight excluding hydrogens is 108 g/mol. The average molecular weight is 108 g/mol. The van der Waals surface area contributed by atoms with E-state index in [0.29, 0.717) is 0 Å². The van der Waals surface area contributed by atoms with E-state index in [2.05, 4.69) is 7.85 Å². The summed E-state index contributed by atoms with van der Waals surface area (Å²) in [5.41, 5.74) is -2.26. The van der Waals surface area contributed by atoms with E-state index >= 15 is 0 Å². The maximum absolute atomic E-state index is 10.7. The predicted octanol–water partition coefficient (Wildman–Crippen LogP) is 0.244. The largest absolute Gasteiger partial charge is 0.515 e. The third-order valence-corrected chi connectivity index (χ3v) is 0.279. The molecule has 0 rings (SSSR count). The van der Waals surface area contributed by atoms with Crippen LogP contribution in [0.4, 0.5) is 13.2 Å². The van der Waals surface area contributed by atoms with Gasteiger partial charge in [0.2, 0.25) is 0 Å². The minimum Gasteiger partial charge on any atom is -0.515 e. The number of carbonyl (C=O) groups excluding carboxylic acids is 1. The van der Waals surface area contributed by atoms with Gasteiger partial charge in [0.15, 0.2) is 0 Å². The van der Waals surface area contributed by atoms with E-state index in [0.717, 1.165) is 0 Å². The van der Waals surface area contributed by atoms with Crippen LogP contribution in [0, 0.1) is 0 Å². The summed E-state index contributed by atoms with van der Waals surface area (Å²) in [5, 5.41) is 0. The van der Waals surface area contributed by atoms with Gasteiger partial charge >= 0.3 is 6.18 Å². The summed E-state index contributed by atoms with van der Waals surface area (Å²) in [6.07, 6.45) is -4.86. The van der Waals surface area contributed by atoms with Gasteiger partial charge in [-0.25, -0.2) is 0 Å². The van der Waals surface area contributed by atoms with E-state index in [1.54, 1.807) is 0 Å². The van der Waals surface area contributed by atoms with E-state index in [9.17, 15) is 13.2 Å². The van der Waals surface area contributed by atoms with E-state index < -0.39 is 11.9 Å². The van der Waals surface area contributed by atoms with Gasteiger partial charge < -0.3 is 12.6 Å². The number of hydrogen-bond donors (Lipinski definition) is 0. The third kappa shape index (κ3) is 2.25. The summed E-state index contributed by atoms with van der Waals surface area (Å²) >= 11 is 0. The SMILES string of the molecule is [B-]C(=O)C(F)(F)F. The van der Waals surface area contributed by atoms with Crippen molar-refractivity contribution in [2.45, 2.75) is 6.18 Å². The summed E-state index contributed by atoms with van der Waals surface area (Å²) in [7, 11) is 3.81. The van der Waals surface area contributed by atoms with Crippen LogP contribution in [0.3, 0.4) is 0 Å². The summed E-state index contributed by atoms with van der Waals surface area (Å²) in [6.45, 7) is 0. The van der Waals surface area contributed by atoms with Crippen molar-refractivity contribution in [1.29, 1.82) is 0 Å². The molecule has 0 N–H and O–H groups in total. The molecule has 5 heteroatoms. The molecule has 0 heterocycles. The third-order valence-electron chi connectivity index (χ3n) is 0.279. The molecule has 0 spiro atoms. The molecular formula is C2BF3O-. The van der Waals surface area contributed by atoms with Gasteiger partial charge in [0.05, 0.1) is 0 Å². The zero-order valence-corrected chi connectivity index (χ0v) is 3.12. The summed E-state index contributed by atoms with van der Waals surface area (Å²) < 4.78 is 32.1. The molecule has 0 fully saturated rings. The topological polar surface area (TPSA) is 17.1 Å². The van der Waals surface area contributed by atoms with Crippen molar-refractivity contribution in [3.8, 4) is 0 Å². The lowest BCUT2D eigenvalue weighted by Crippen LogP contribution is -2.21. The van der Waals surface area contributed by atoms with Gasteiger partial charge in [-0.05, 0) is 5.68 Å². The Labute approximate surface area is 38.9 Å². The van der Waals surface area contributed by atoms with Crippen LogP contribution in [0.2, 0.25) is 0 Å². The highest BCUT2D eigenvalue weighted by Gasteiger charge is 2.24. The highest BCUT2D eigenvalue weighted by molar-refractivity contribution is 6.59. The molecule has 0 unspecified atom stereocenters. The molecule has 1 nitrogen and oxygen atoms in total. The Morgan fingerprint density at radius 2 is 1.57 bits per heavy atom. The van der Waals surface area contributed by atoms with Gasteiger partial charge in [-0.15, -0.1) is 0 Å². The normalized spacial score (nSPS) is 11.4. The fourth-order valence-corrected chi connectivity index (χ4v) is 0. The Morgan fingerprint density at radius 1 is 1.43 bits per heavy atom. The molecule has 0 saturated carbocycles. The first kappa shape index (κ1) is 6.52. The second-order valence-electron chi connectivity index (χ2n) is 0.862. The van der Waals surface area contributed by atoms with E-state index in [4.69, 9.17) is 4.79 Å². The molecule has 0 bridgehead atoms. The van der Waals surface area contributed by atoms with Crippen molar-refractivity contribution in [3.63, 3.8) is 0 Å². The van der Waals surface area contributed by atoms with Crippen LogP contribution in [-0.2, 0) is 4.79 Å². The monoisotopic (exact) mass is 108 g/mol. The zero-order chi connectivity index (χ0) is 6.08. The number of alkyl halides is 3. The first-order valence-electron chi connectivity index (χ1n) is 1.31. The van der Waals surface area contributed by atoms with Gasteiger partial charge in [0, 0.05) is 0 Å². The fourth-order valence-electron chi connectivity index (χ4n) is 0. The number of halogens is 3. The van der Waals surface area contributed by atoms with Crippen LogP contribution in [0.25, 0.3) is 0 Å². The van der Waals surface area contributed by atoms with Crippen molar-refractivity contribution in [3.05, 3.63) is 0 Å². The second kappa shape index (κ2) is 1.56. The summed E-state index contributed by atoms with van der Waals surface area (Å²) in [6, 6.07) is 0. The van der Waals surface area contributed by atoms with E-state index in [1.165, 1.54) is 0 Å². The molecule has 0 aliphatic carbocycles. The molecule has 7 heavy (non-hydrogen) atoms. The Morgan fingerprint density at radius 3 is 1.57 bits per heavy atom. The lowest BCUT2D eigenvalue weighted by Gasteiger charge is -2.07. The van der Waals surface area contributed by atoms with Gasteiger partial charge in [0.25, 0.3) is 0 Å². The van der Waals surface area contributed by atoms with E-state index in [1.807, 2.05) is 0 Å². The summed E-state index contributed by atoms with van der Waals surface area (Å²) in [4.78, 5) is 9.12. The first-order chi connectivity index (χ1) is 2.94. The summed E-state index contributed by atoms with van der Waals surface area (Å²) in [5.74, 6) is 0. The lowest BCUT2D eigenvalue weighted by molar-refractivity contribution is -0.161. The van der Waals surface area contributed by atoms with Crippen LogP contribution in [0.15, 0.2) is 0 Å².